The lowest BCUT2D eigenvalue weighted by molar-refractivity contribution is -0.0823. The van der Waals surface area contributed by atoms with Crippen LogP contribution in [0.2, 0.25) is 0 Å². The van der Waals surface area contributed by atoms with Crippen LogP contribution in [0.15, 0.2) is 0 Å². The SMILES string of the molecule is COCCN(CCC#N)S(=O)(=O)N1CCC2(O)CCCCC2C1. The van der Waals surface area contributed by atoms with Crippen molar-refractivity contribution in [2.45, 2.75) is 44.1 Å². The van der Waals surface area contributed by atoms with Gasteiger partial charge in [-0.2, -0.15) is 22.3 Å². The molecule has 2 aliphatic rings. The summed E-state index contributed by atoms with van der Waals surface area (Å²) in [5.74, 6) is 0.0139. The molecule has 2 unspecified atom stereocenters. The highest BCUT2D eigenvalue weighted by Gasteiger charge is 2.46. The third-order valence-electron chi connectivity index (χ3n) is 5.06. The van der Waals surface area contributed by atoms with Crippen LogP contribution in [0.4, 0.5) is 0 Å². The number of methoxy groups -OCH3 is 1. The predicted molar refractivity (Wildman–Crippen MR) is 85.7 cm³/mol. The van der Waals surface area contributed by atoms with Gasteiger partial charge < -0.3 is 9.84 Å². The molecule has 1 heterocycles. The highest BCUT2D eigenvalue weighted by atomic mass is 32.2. The third-order valence-corrected chi connectivity index (χ3v) is 7.06. The lowest BCUT2D eigenvalue weighted by Crippen LogP contribution is -2.57. The van der Waals surface area contributed by atoms with Gasteiger partial charge in [-0.25, -0.2) is 0 Å². The van der Waals surface area contributed by atoms with Crippen LogP contribution in [0.25, 0.3) is 0 Å². The molecule has 1 N–H and O–H groups in total. The Labute approximate surface area is 139 Å². The van der Waals surface area contributed by atoms with Gasteiger partial charge in [0.2, 0.25) is 0 Å². The Morgan fingerprint density at radius 2 is 2.17 bits per heavy atom. The second-order valence-electron chi connectivity index (χ2n) is 6.46. The summed E-state index contributed by atoms with van der Waals surface area (Å²) in [4.78, 5) is 0. The molecular weight excluding hydrogens is 318 g/mol. The average Bonchev–Trinajstić information content (AvgIpc) is 2.53. The fourth-order valence-corrected chi connectivity index (χ4v) is 5.27. The fourth-order valence-electron chi connectivity index (χ4n) is 3.62. The van der Waals surface area contributed by atoms with E-state index in [0.717, 1.165) is 25.7 Å². The normalized spacial score (nSPS) is 29.2. The average molecular weight is 345 g/mol. The lowest BCUT2D eigenvalue weighted by atomic mass is 9.72. The Morgan fingerprint density at radius 1 is 1.39 bits per heavy atom. The lowest BCUT2D eigenvalue weighted by Gasteiger charge is -2.47. The molecule has 23 heavy (non-hydrogen) atoms. The molecule has 132 valence electrons. The van der Waals surface area contributed by atoms with Gasteiger partial charge in [0.1, 0.15) is 0 Å². The Morgan fingerprint density at radius 3 is 2.87 bits per heavy atom. The molecule has 0 aromatic heterocycles. The van der Waals surface area contributed by atoms with Crippen LogP contribution >= 0.6 is 0 Å². The van der Waals surface area contributed by atoms with E-state index in [9.17, 15) is 13.5 Å². The van der Waals surface area contributed by atoms with E-state index in [1.165, 1.54) is 15.7 Å². The molecule has 8 heteroatoms. The summed E-state index contributed by atoms with van der Waals surface area (Å²) in [6, 6.07) is 2.00. The van der Waals surface area contributed by atoms with E-state index in [-0.39, 0.29) is 25.4 Å². The van der Waals surface area contributed by atoms with Gasteiger partial charge in [0.25, 0.3) is 10.2 Å². The molecule has 0 bridgehead atoms. The zero-order chi connectivity index (χ0) is 16.9. The van der Waals surface area contributed by atoms with Gasteiger partial charge in [0.05, 0.1) is 18.3 Å². The molecule has 0 radical (unpaired) electrons. The molecule has 1 aliphatic heterocycles. The zero-order valence-electron chi connectivity index (χ0n) is 13.8. The highest BCUT2D eigenvalue weighted by Crippen LogP contribution is 2.40. The molecule has 1 saturated heterocycles. The first kappa shape index (κ1) is 18.6. The Kier molecular flexibility index (Phi) is 6.40. The minimum Gasteiger partial charge on any atom is -0.390 e. The second kappa shape index (κ2) is 7.90. The van der Waals surface area contributed by atoms with Crippen LogP contribution in [0.5, 0.6) is 0 Å². The summed E-state index contributed by atoms with van der Waals surface area (Å²) in [5.41, 5.74) is -0.700. The summed E-state index contributed by atoms with van der Waals surface area (Å²) in [5, 5.41) is 19.5. The minimum absolute atomic E-state index is 0.0139. The molecule has 2 fully saturated rings. The molecule has 7 nitrogen and oxygen atoms in total. The first-order chi connectivity index (χ1) is 10.9. The van der Waals surface area contributed by atoms with Gasteiger partial charge in [-0.1, -0.05) is 12.8 Å². The fraction of sp³-hybridized carbons (Fsp3) is 0.933. The van der Waals surface area contributed by atoms with E-state index in [2.05, 4.69) is 0 Å². The Bertz CT molecular complexity index is 533. The van der Waals surface area contributed by atoms with E-state index in [0.29, 0.717) is 26.1 Å². The number of hydrogen-bond donors (Lipinski definition) is 1. The number of nitrogens with zero attached hydrogens (tertiary/aromatic N) is 3. The van der Waals surface area contributed by atoms with Crippen molar-refractivity contribution in [2.75, 3.05) is 39.9 Å². The standard InChI is InChI=1S/C15H27N3O4S/c1-22-12-11-17(9-4-8-16)23(20,21)18-10-7-15(19)6-3-2-5-14(15)13-18/h14,19H,2-7,9-13H2,1H3. The number of piperidine rings is 1. The summed E-state index contributed by atoms with van der Waals surface area (Å²) in [6.07, 6.45) is 4.36. The van der Waals surface area contributed by atoms with Crippen molar-refractivity contribution in [3.8, 4) is 6.07 Å². The topological polar surface area (TPSA) is 93.9 Å². The molecule has 2 rings (SSSR count). The molecule has 1 aliphatic carbocycles. The van der Waals surface area contributed by atoms with Crippen LogP contribution < -0.4 is 0 Å². The number of nitriles is 1. The van der Waals surface area contributed by atoms with E-state index < -0.39 is 15.8 Å². The molecular formula is C15H27N3O4S. The predicted octanol–water partition coefficient (Wildman–Crippen LogP) is 0.720. The summed E-state index contributed by atoms with van der Waals surface area (Å²) in [6.45, 7) is 1.42. The van der Waals surface area contributed by atoms with Crippen LogP contribution in [-0.4, -0.2) is 67.6 Å². The maximum Gasteiger partial charge on any atom is 0.282 e. The smallest absolute Gasteiger partial charge is 0.282 e. The Balaban J connectivity index is 2.09. The molecule has 0 aromatic rings. The van der Waals surface area contributed by atoms with E-state index in [1.54, 1.807) is 0 Å². The van der Waals surface area contributed by atoms with Crippen LogP contribution in [-0.2, 0) is 14.9 Å². The number of rotatable bonds is 7. The number of ether oxygens (including phenoxy) is 1. The number of aliphatic hydroxyl groups is 1. The van der Waals surface area contributed by atoms with Crippen molar-refractivity contribution in [1.29, 1.82) is 5.26 Å². The number of hydrogen-bond acceptors (Lipinski definition) is 5. The van der Waals surface area contributed by atoms with Gasteiger partial charge >= 0.3 is 0 Å². The van der Waals surface area contributed by atoms with E-state index in [1.807, 2.05) is 6.07 Å². The van der Waals surface area contributed by atoms with Crippen molar-refractivity contribution in [3.63, 3.8) is 0 Å². The first-order valence-corrected chi connectivity index (χ1v) is 9.67. The van der Waals surface area contributed by atoms with Gasteiger partial charge in [-0.05, 0) is 19.3 Å². The van der Waals surface area contributed by atoms with Crippen molar-refractivity contribution >= 4 is 10.2 Å². The van der Waals surface area contributed by atoms with Crippen LogP contribution in [0.3, 0.4) is 0 Å². The van der Waals surface area contributed by atoms with Crippen molar-refractivity contribution < 1.29 is 18.3 Å². The highest BCUT2D eigenvalue weighted by molar-refractivity contribution is 7.86. The molecule has 1 saturated carbocycles. The van der Waals surface area contributed by atoms with Crippen molar-refractivity contribution in [3.05, 3.63) is 0 Å². The quantitative estimate of drug-likeness (QED) is 0.734. The molecule has 0 amide bonds. The summed E-state index contributed by atoms with van der Waals surface area (Å²) < 4.78 is 33.6. The van der Waals surface area contributed by atoms with Gasteiger partial charge in [0, 0.05) is 45.6 Å². The maximum absolute atomic E-state index is 12.9. The monoisotopic (exact) mass is 345 g/mol. The molecule has 0 spiro atoms. The van der Waals surface area contributed by atoms with Crippen molar-refractivity contribution in [1.82, 2.24) is 8.61 Å². The second-order valence-corrected chi connectivity index (χ2v) is 8.39. The molecule has 0 aromatic carbocycles. The van der Waals surface area contributed by atoms with Crippen LogP contribution in [0.1, 0.15) is 38.5 Å². The maximum atomic E-state index is 12.9. The third kappa shape index (κ3) is 4.22. The van der Waals surface area contributed by atoms with Gasteiger partial charge in [0.15, 0.2) is 0 Å². The van der Waals surface area contributed by atoms with E-state index >= 15 is 0 Å². The molecule has 2 atom stereocenters. The minimum atomic E-state index is -3.62. The largest absolute Gasteiger partial charge is 0.390 e. The summed E-state index contributed by atoms with van der Waals surface area (Å²) in [7, 11) is -2.10. The first-order valence-electron chi connectivity index (χ1n) is 8.27. The number of fused-ring (bicyclic) bond motifs is 1. The van der Waals surface area contributed by atoms with Gasteiger partial charge in [-0.15, -0.1) is 0 Å². The Hall–Kier alpha value is -0.720. The van der Waals surface area contributed by atoms with Crippen LogP contribution in [0, 0.1) is 17.2 Å². The zero-order valence-corrected chi connectivity index (χ0v) is 14.6. The van der Waals surface area contributed by atoms with E-state index in [4.69, 9.17) is 10.00 Å². The summed E-state index contributed by atoms with van der Waals surface area (Å²) >= 11 is 0. The van der Waals surface area contributed by atoms with Crippen molar-refractivity contribution in [2.24, 2.45) is 5.92 Å². The van der Waals surface area contributed by atoms with Gasteiger partial charge in [-0.3, -0.25) is 0 Å².